The van der Waals surface area contributed by atoms with Gasteiger partial charge in [0.15, 0.2) is 0 Å². The Balaban J connectivity index is -0.000000506. The van der Waals surface area contributed by atoms with Crippen molar-refractivity contribution in [3.8, 4) is 0 Å². The molecule has 0 atom stereocenters. The number of unbranched alkanes of at least 4 members (excludes halogenated alkanes) is 2. The first-order valence-electron chi connectivity index (χ1n) is 6.86. The molecule has 4 nitrogen and oxygen atoms in total. The van der Waals surface area contributed by atoms with E-state index < -0.39 is 0 Å². The molecule has 0 spiro atoms. The summed E-state index contributed by atoms with van der Waals surface area (Å²) in [5.74, 6) is 0.761. The summed E-state index contributed by atoms with van der Waals surface area (Å²) in [6.07, 6.45) is 4.03. The van der Waals surface area contributed by atoms with Crippen molar-refractivity contribution >= 4 is 24.9 Å². The van der Waals surface area contributed by atoms with E-state index in [0.717, 1.165) is 19.3 Å². The normalized spacial score (nSPS) is 8.06. The van der Waals surface area contributed by atoms with Crippen LogP contribution in [0.25, 0.3) is 0 Å². The molecule has 110 valence electrons. The van der Waals surface area contributed by atoms with Crippen LogP contribution in [0.1, 0.15) is 53.4 Å². The average Bonchev–Trinajstić information content (AvgIpc) is 2.45. The molecule has 0 aromatic rings. The van der Waals surface area contributed by atoms with Crippen molar-refractivity contribution in [3.63, 3.8) is 0 Å². The molecule has 0 radical (unpaired) electrons. The summed E-state index contributed by atoms with van der Waals surface area (Å²) in [5.41, 5.74) is 0. The smallest absolute Gasteiger partial charge is 0.220 e. The van der Waals surface area contributed by atoms with Gasteiger partial charge in [0.1, 0.15) is 0 Å². The molecule has 2 N–H and O–H groups in total. The zero-order valence-corrected chi connectivity index (χ0v) is 13.2. The van der Waals surface area contributed by atoms with E-state index in [0.29, 0.717) is 31.7 Å². The summed E-state index contributed by atoms with van der Waals surface area (Å²) >= 11 is 3.99. The maximum absolute atomic E-state index is 11.1. The van der Waals surface area contributed by atoms with Gasteiger partial charge in [-0.15, -0.1) is 0 Å². The molecule has 0 aliphatic heterocycles. The van der Waals surface area contributed by atoms with Crippen molar-refractivity contribution in [1.82, 2.24) is 10.6 Å². The second-order valence-corrected chi connectivity index (χ2v) is 3.40. The zero-order chi connectivity index (χ0) is 14.6. The minimum atomic E-state index is 0.0856. The van der Waals surface area contributed by atoms with Gasteiger partial charge in [0.05, 0.1) is 0 Å². The molecule has 0 bridgehead atoms. The van der Waals surface area contributed by atoms with Crippen LogP contribution in [0, 0.1) is 0 Å². The highest BCUT2D eigenvalue weighted by atomic mass is 32.1. The fraction of sp³-hybridized carbons (Fsp3) is 0.846. The van der Waals surface area contributed by atoms with Gasteiger partial charge < -0.3 is 10.6 Å². The maximum Gasteiger partial charge on any atom is 0.220 e. The SMILES string of the molecule is CC.CC.O=CNCCCCCC(=O)NCCS. The molecule has 2 amide bonds. The first kappa shape index (κ1) is 22.5. The molecule has 5 heteroatoms. The Morgan fingerprint density at radius 1 is 1.06 bits per heavy atom. The molecular formula is C13H30N2O2S. The minimum Gasteiger partial charge on any atom is -0.359 e. The fourth-order valence-corrected chi connectivity index (χ4v) is 1.14. The van der Waals surface area contributed by atoms with Crippen molar-refractivity contribution in [2.24, 2.45) is 0 Å². The van der Waals surface area contributed by atoms with Crippen molar-refractivity contribution in [2.45, 2.75) is 53.4 Å². The van der Waals surface area contributed by atoms with Crippen LogP contribution in [-0.2, 0) is 9.59 Å². The quantitative estimate of drug-likeness (QED) is 0.344. The standard InChI is InChI=1S/C9H18N2O2S.2C2H6/c12-8-10-5-3-1-2-4-9(13)11-6-7-14;2*1-2/h8,14H,1-7H2,(H,10,12)(H,11,13);2*1-2H3. The van der Waals surface area contributed by atoms with Crippen LogP contribution < -0.4 is 10.6 Å². The molecule has 0 fully saturated rings. The molecule has 0 aromatic carbocycles. The summed E-state index contributed by atoms with van der Waals surface area (Å²) in [5, 5.41) is 5.33. The van der Waals surface area contributed by atoms with Gasteiger partial charge in [0.25, 0.3) is 0 Å². The Hall–Kier alpha value is -0.710. The van der Waals surface area contributed by atoms with Gasteiger partial charge in [-0.2, -0.15) is 12.6 Å². The van der Waals surface area contributed by atoms with Crippen LogP contribution >= 0.6 is 12.6 Å². The molecule has 0 aliphatic rings. The number of nitrogens with one attached hydrogen (secondary N) is 2. The van der Waals surface area contributed by atoms with E-state index in [-0.39, 0.29) is 5.91 Å². The Morgan fingerprint density at radius 3 is 2.17 bits per heavy atom. The van der Waals surface area contributed by atoms with Crippen molar-refractivity contribution in [3.05, 3.63) is 0 Å². The topological polar surface area (TPSA) is 58.2 Å². The fourth-order valence-electron chi connectivity index (χ4n) is 1.03. The summed E-state index contributed by atoms with van der Waals surface area (Å²) in [6, 6.07) is 0. The Kier molecular flexibility index (Phi) is 31.5. The molecular weight excluding hydrogens is 248 g/mol. The van der Waals surface area contributed by atoms with Crippen molar-refractivity contribution in [1.29, 1.82) is 0 Å². The lowest BCUT2D eigenvalue weighted by molar-refractivity contribution is -0.121. The molecule has 0 heterocycles. The van der Waals surface area contributed by atoms with Gasteiger partial charge in [0, 0.05) is 25.3 Å². The number of carbonyl (C=O) groups is 2. The average molecular weight is 278 g/mol. The summed E-state index contributed by atoms with van der Waals surface area (Å²) in [6.45, 7) is 9.33. The van der Waals surface area contributed by atoms with Crippen LogP contribution in [0.4, 0.5) is 0 Å². The largest absolute Gasteiger partial charge is 0.359 e. The van der Waals surface area contributed by atoms with E-state index >= 15 is 0 Å². The molecule has 0 unspecified atom stereocenters. The van der Waals surface area contributed by atoms with Gasteiger partial charge in [-0.25, -0.2) is 0 Å². The first-order valence-corrected chi connectivity index (χ1v) is 7.49. The van der Waals surface area contributed by atoms with Gasteiger partial charge in [-0.1, -0.05) is 34.1 Å². The maximum atomic E-state index is 11.1. The number of hydrogen-bond donors (Lipinski definition) is 3. The molecule has 0 saturated carbocycles. The Morgan fingerprint density at radius 2 is 1.67 bits per heavy atom. The second kappa shape index (κ2) is 25.2. The third-order valence-electron chi connectivity index (χ3n) is 1.74. The van der Waals surface area contributed by atoms with E-state index in [2.05, 4.69) is 23.3 Å². The summed E-state index contributed by atoms with van der Waals surface area (Å²) < 4.78 is 0. The molecule has 0 saturated heterocycles. The van der Waals surface area contributed by atoms with E-state index in [1.165, 1.54) is 0 Å². The van der Waals surface area contributed by atoms with E-state index in [1.54, 1.807) is 0 Å². The van der Waals surface area contributed by atoms with Crippen LogP contribution in [0.5, 0.6) is 0 Å². The molecule has 0 aliphatic carbocycles. The highest BCUT2D eigenvalue weighted by molar-refractivity contribution is 7.80. The highest BCUT2D eigenvalue weighted by Gasteiger charge is 1.98. The van der Waals surface area contributed by atoms with Gasteiger partial charge in [-0.05, 0) is 12.8 Å². The van der Waals surface area contributed by atoms with Crippen LogP contribution in [0.2, 0.25) is 0 Å². The zero-order valence-electron chi connectivity index (χ0n) is 12.3. The number of hydrogen-bond acceptors (Lipinski definition) is 3. The van der Waals surface area contributed by atoms with Crippen LogP contribution in [0.3, 0.4) is 0 Å². The van der Waals surface area contributed by atoms with Gasteiger partial charge in [0.2, 0.25) is 12.3 Å². The lowest BCUT2D eigenvalue weighted by Crippen LogP contribution is -2.24. The number of carbonyl (C=O) groups excluding carboxylic acids is 2. The molecule has 0 aromatic heterocycles. The summed E-state index contributed by atoms with van der Waals surface area (Å²) in [7, 11) is 0. The van der Waals surface area contributed by atoms with Crippen molar-refractivity contribution in [2.75, 3.05) is 18.8 Å². The monoisotopic (exact) mass is 278 g/mol. The van der Waals surface area contributed by atoms with E-state index in [9.17, 15) is 9.59 Å². The first-order chi connectivity index (χ1) is 8.81. The minimum absolute atomic E-state index is 0.0856. The van der Waals surface area contributed by atoms with Gasteiger partial charge >= 0.3 is 0 Å². The Bertz CT molecular complexity index is 167. The lowest BCUT2D eigenvalue weighted by Gasteiger charge is -2.02. The Labute approximate surface area is 118 Å². The molecule has 0 rings (SSSR count). The second-order valence-electron chi connectivity index (χ2n) is 2.96. The van der Waals surface area contributed by atoms with Crippen molar-refractivity contribution < 1.29 is 9.59 Å². The lowest BCUT2D eigenvalue weighted by atomic mass is 10.2. The van der Waals surface area contributed by atoms with E-state index in [4.69, 9.17) is 0 Å². The number of rotatable bonds is 9. The highest BCUT2D eigenvalue weighted by Crippen LogP contribution is 1.98. The van der Waals surface area contributed by atoms with Crippen LogP contribution in [0.15, 0.2) is 0 Å². The summed E-state index contributed by atoms with van der Waals surface area (Å²) in [4.78, 5) is 21.0. The van der Waals surface area contributed by atoms with Crippen LogP contribution in [-0.4, -0.2) is 31.2 Å². The number of thiol groups is 1. The third-order valence-corrected chi connectivity index (χ3v) is 1.97. The molecule has 18 heavy (non-hydrogen) atoms. The predicted octanol–water partition coefficient (Wildman–Crippen LogP) is 2.39. The van der Waals surface area contributed by atoms with E-state index in [1.807, 2.05) is 27.7 Å². The number of amides is 2. The third kappa shape index (κ3) is 24.5. The predicted molar refractivity (Wildman–Crippen MR) is 82.1 cm³/mol. The van der Waals surface area contributed by atoms with Gasteiger partial charge in [-0.3, -0.25) is 9.59 Å².